The maximum absolute atomic E-state index is 12.7. The van der Waals surface area contributed by atoms with Gasteiger partial charge in [-0.2, -0.15) is 0 Å². The summed E-state index contributed by atoms with van der Waals surface area (Å²) in [6.07, 6.45) is 0.902. The van der Waals surface area contributed by atoms with Crippen LogP contribution in [-0.4, -0.2) is 18.1 Å². The molecule has 1 aliphatic rings. The van der Waals surface area contributed by atoms with Gasteiger partial charge >= 0.3 is 0 Å². The lowest BCUT2D eigenvalue weighted by atomic mass is 9.95. The quantitative estimate of drug-likeness (QED) is 0.840. The van der Waals surface area contributed by atoms with Gasteiger partial charge < -0.3 is 15.4 Å². The van der Waals surface area contributed by atoms with Gasteiger partial charge in [-0.15, -0.1) is 0 Å². The first-order valence-electron chi connectivity index (χ1n) is 8.16. The first-order chi connectivity index (χ1) is 10.6. The van der Waals surface area contributed by atoms with Crippen molar-refractivity contribution in [3.8, 4) is 5.75 Å². The van der Waals surface area contributed by atoms with E-state index in [1.54, 1.807) is 18.7 Å². The van der Waals surface area contributed by atoms with E-state index in [4.69, 9.17) is 10.5 Å². The molecule has 2 rings (SSSR count). The van der Waals surface area contributed by atoms with E-state index in [9.17, 15) is 4.79 Å². The van der Waals surface area contributed by atoms with Crippen LogP contribution in [0.2, 0.25) is 0 Å². The highest BCUT2D eigenvalue weighted by Gasteiger charge is 2.40. The molecule has 1 heterocycles. The van der Waals surface area contributed by atoms with Crippen molar-refractivity contribution in [3.63, 3.8) is 0 Å². The van der Waals surface area contributed by atoms with Gasteiger partial charge in [-0.25, -0.2) is 0 Å². The third kappa shape index (κ3) is 3.75. The number of ether oxygens (including phenoxy) is 1. The summed E-state index contributed by atoms with van der Waals surface area (Å²) in [6, 6.07) is 5.86. The molecule has 126 valence electrons. The first-order valence-corrected chi connectivity index (χ1v) is 8.16. The van der Waals surface area contributed by atoms with E-state index in [2.05, 4.69) is 20.4 Å². The van der Waals surface area contributed by atoms with Crippen molar-refractivity contribution in [2.75, 3.05) is 11.4 Å². The molecule has 1 aromatic rings. The Morgan fingerprint density at radius 1 is 1.39 bits per heavy atom. The van der Waals surface area contributed by atoms with Crippen LogP contribution in [0, 0.1) is 5.92 Å². The number of fused-ring (bicyclic) bond motifs is 1. The summed E-state index contributed by atoms with van der Waals surface area (Å²) in [5, 5.41) is 0. The molecule has 0 saturated heterocycles. The SMILES string of the molecule is C=C(C)CN1C(=O)C(C)(C)Oc2ccc(C(N)CC(C)C)cc21. The van der Waals surface area contributed by atoms with Crippen molar-refractivity contribution in [1.29, 1.82) is 0 Å². The van der Waals surface area contributed by atoms with Gasteiger partial charge in [-0.05, 0) is 50.8 Å². The molecular weight excluding hydrogens is 288 g/mol. The zero-order valence-corrected chi connectivity index (χ0v) is 14.8. The normalized spacial score (nSPS) is 17.7. The Bertz CT molecular complexity index is 620. The maximum Gasteiger partial charge on any atom is 0.270 e. The minimum absolute atomic E-state index is 0.0444. The van der Waals surface area contributed by atoms with E-state index in [0.29, 0.717) is 12.5 Å². The first kappa shape index (κ1) is 17.5. The Kier molecular flexibility index (Phi) is 4.85. The number of nitrogens with two attached hydrogens (primary N) is 1. The standard InChI is InChI=1S/C19H28N2O2/c1-12(2)9-15(20)14-7-8-17-16(10-14)21(11-13(3)4)18(22)19(5,6)23-17/h7-8,10,12,15H,3,9,11,20H2,1-2,4-6H3. The van der Waals surface area contributed by atoms with Gasteiger partial charge in [0.05, 0.1) is 5.69 Å². The largest absolute Gasteiger partial charge is 0.476 e. The van der Waals surface area contributed by atoms with E-state index >= 15 is 0 Å². The molecule has 23 heavy (non-hydrogen) atoms. The van der Waals surface area contributed by atoms with E-state index in [1.165, 1.54) is 0 Å². The van der Waals surface area contributed by atoms with Crippen LogP contribution in [0.5, 0.6) is 5.75 Å². The van der Waals surface area contributed by atoms with E-state index < -0.39 is 5.60 Å². The Labute approximate surface area is 139 Å². The van der Waals surface area contributed by atoms with Gasteiger partial charge in [-0.3, -0.25) is 4.79 Å². The van der Waals surface area contributed by atoms with Crippen molar-refractivity contribution in [2.24, 2.45) is 11.7 Å². The minimum Gasteiger partial charge on any atom is -0.476 e. The van der Waals surface area contributed by atoms with Crippen LogP contribution in [-0.2, 0) is 4.79 Å². The summed E-state index contributed by atoms with van der Waals surface area (Å²) in [7, 11) is 0. The molecule has 1 aliphatic heterocycles. The van der Waals surface area contributed by atoms with Gasteiger partial charge in [0.2, 0.25) is 0 Å². The van der Waals surface area contributed by atoms with Gasteiger partial charge in [0.15, 0.2) is 5.60 Å². The van der Waals surface area contributed by atoms with E-state index in [-0.39, 0.29) is 11.9 Å². The zero-order valence-electron chi connectivity index (χ0n) is 14.8. The molecule has 1 amide bonds. The Morgan fingerprint density at radius 2 is 2.04 bits per heavy atom. The van der Waals surface area contributed by atoms with Crippen molar-refractivity contribution in [1.82, 2.24) is 0 Å². The number of benzene rings is 1. The average molecular weight is 316 g/mol. The summed E-state index contributed by atoms with van der Waals surface area (Å²) >= 11 is 0. The monoisotopic (exact) mass is 316 g/mol. The van der Waals surface area contributed by atoms with Crippen LogP contribution in [0.25, 0.3) is 0 Å². The number of rotatable bonds is 5. The predicted molar refractivity (Wildman–Crippen MR) is 94.7 cm³/mol. The van der Waals surface area contributed by atoms with Crippen molar-refractivity contribution in [3.05, 3.63) is 35.9 Å². The van der Waals surface area contributed by atoms with Crippen LogP contribution in [0.4, 0.5) is 5.69 Å². The lowest BCUT2D eigenvalue weighted by Gasteiger charge is -2.39. The Balaban J connectivity index is 2.44. The number of hydrogen-bond donors (Lipinski definition) is 1. The van der Waals surface area contributed by atoms with E-state index in [1.807, 2.05) is 25.1 Å². The second-order valence-electron chi connectivity index (χ2n) is 7.42. The highest BCUT2D eigenvalue weighted by Crippen LogP contribution is 2.39. The lowest BCUT2D eigenvalue weighted by molar-refractivity contribution is -0.132. The molecule has 2 N–H and O–H groups in total. The lowest BCUT2D eigenvalue weighted by Crippen LogP contribution is -2.53. The molecule has 0 spiro atoms. The molecule has 4 heteroatoms. The van der Waals surface area contributed by atoms with E-state index in [0.717, 1.165) is 29.0 Å². The number of nitrogens with zero attached hydrogens (tertiary/aromatic N) is 1. The van der Waals surface area contributed by atoms with Crippen molar-refractivity contribution < 1.29 is 9.53 Å². The smallest absolute Gasteiger partial charge is 0.270 e. The number of hydrogen-bond acceptors (Lipinski definition) is 3. The summed E-state index contributed by atoms with van der Waals surface area (Å²) in [5.41, 5.74) is 8.17. The highest BCUT2D eigenvalue weighted by molar-refractivity contribution is 6.02. The molecule has 0 saturated carbocycles. The van der Waals surface area contributed by atoms with Crippen LogP contribution < -0.4 is 15.4 Å². The topological polar surface area (TPSA) is 55.6 Å². The molecule has 1 aromatic carbocycles. The number of carbonyl (C=O) groups is 1. The summed E-state index contributed by atoms with van der Waals surface area (Å²) < 4.78 is 5.90. The second-order valence-corrected chi connectivity index (χ2v) is 7.42. The molecular formula is C19H28N2O2. The third-order valence-corrected chi connectivity index (χ3v) is 3.98. The van der Waals surface area contributed by atoms with Gasteiger partial charge in [-0.1, -0.05) is 32.1 Å². The molecule has 0 radical (unpaired) electrons. The third-order valence-electron chi connectivity index (χ3n) is 3.98. The molecule has 4 nitrogen and oxygen atoms in total. The predicted octanol–water partition coefficient (Wildman–Crippen LogP) is 3.81. The summed E-state index contributed by atoms with van der Waals surface area (Å²) in [5.74, 6) is 1.18. The summed E-state index contributed by atoms with van der Waals surface area (Å²) in [4.78, 5) is 14.5. The van der Waals surface area contributed by atoms with Crippen LogP contribution in [0.15, 0.2) is 30.4 Å². The number of amides is 1. The van der Waals surface area contributed by atoms with Gasteiger partial charge in [0.1, 0.15) is 5.75 Å². The molecule has 1 unspecified atom stereocenters. The second kappa shape index (κ2) is 6.36. The minimum atomic E-state index is -0.871. The molecule has 1 atom stereocenters. The fraction of sp³-hybridized carbons (Fsp3) is 0.526. The molecule has 0 aliphatic carbocycles. The average Bonchev–Trinajstić information content (AvgIpc) is 2.42. The Hall–Kier alpha value is -1.81. The van der Waals surface area contributed by atoms with Crippen LogP contribution in [0.3, 0.4) is 0 Å². The number of anilines is 1. The van der Waals surface area contributed by atoms with Gasteiger partial charge in [0.25, 0.3) is 5.91 Å². The highest BCUT2D eigenvalue weighted by atomic mass is 16.5. The van der Waals surface area contributed by atoms with Crippen molar-refractivity contribution in [2.45, 2.75) is 52.7 Å². The number of carbonyl (C=O) groups excluding carboxylic acids is 1. The van der Waals surface area contributed by atoms with Crippen molar-refractivity contribution >= 4 is 11.6 Å². The molecule has 0 aromatic heterocycles. The zero-order chi connectivity index (χ0) is 17.4. The summed E-state index contributed by atoms with van der Waals surface area (Å²) in [6.45, 7) is 14.2. The van der Waals surface area contributed by atoms with Gasteiger partial charge in [0, 0.05) is 12.6 Å². The maximum atomic E-state index is 12.7. The molecule has 0 bridgehead atoms. The molecule has 0 fully saturated rings. The van der Waals surface area contributed by atoms with Crippen LogP contribution in [0.1, 0.15) is 52.6 Å². The fourth-order valence-corrected chi connectivity index (χ4v) is 2.89. The fourth-order valence-electron chi connectivity index (χ4n) is 2.89. The Morgan fingerprint density at radius 3 is 2.61 bits per heavy atom. The van der Waals surface area contributed by atoms with Crippen LogP contribution >= 0.6 is 0 Å².